The van der Waals surface area contributed by atoms with E-state index in [2.05, 4.69) is 0 Å². The maximum Gasteiger partial charge on any atom is 0.419 e. The molecule has 1 N–H and O–H groups in total. The molecule has 6 heteroatoms. The maximum atomic E-state index is 12.9. The first-order chi connectivity index (χ1) is 9.43. The number of halogens is 4. The third-order valence-corrected chi connectivity index (χ3v) is 3.00. The van der Waals surface area contributed by atoms with Crippen LogP contribution in [0.25, 0.3) is 0 Å². The number of rotatable bonds is 3. The Labute approximate surface area is 118 Å². The molecule has 0 aliphatic rings. The first-order valence-electron chi connectivity index (χ1n) is 5.66. The Morgan fingerprint density at radius 1 is 1.00 bits per heavy atom. The fourth-order valence-corrected chi connectivity index (χ4v) is 1.92. The summed E-state index contributed by atoms with van der Waals surface area (Å²) in [5, 5.41) is 9.45. The van der Waals surface area contributed by atoms with E-state index in [0.29, 0.717) is 0 Å². The highest BCUT2D eigenvalue weighted by Crippen LogP contribution is 2.39. The second-order valence-electron chi connectivity index (χ2n) is 3.97. The number of hydrogen-bond acceptors (Lipinski definition) is 2. The summed E-state index contributed by atoms with van der Waals surface area (Å²) in [6.07, 6.45) is -4.52. The Morgan fingerprint density at radius 3 is 2.30 bits per heavy atom. The first kappa shape index (κ1) is 14.7. The lowest BCUT2D eigenvalue weighted by atomic mass is 10.2. The molecule has 0 spiro atoms. The van der Waals surface area contributed by atoms with Crippen molar-refractivity contribution in [3.63, 3.8) is 0 Å². The van der Waals surface area contributed by atoms with Crippen LogP contribution in [0.15, 0.2) is 42.5 Å². The molecular formula is C14H10ClF3O2. The van der Waals surface area contributed by atoms with Crippen molar-refractivity contribution in [1.29, 1.82) is 0 Å². The summed E-state index contributed by atoms with van der Waals surface area (Å²) < 4.78 is 43.8. The van der Waals surface area contributed by atoms with E-state index in [0.717, 1.165) is 6.07 Å². The van der Waals surface area contributed by atoms with Gasteiger partial charge in [0.05, 0.1) is 12.2 Å². The molecule has 2 aromatic carbocycles. The molecule has 0 aromatic heterocycles. The van der Waals surface area contributed by atoms with E-state index in [-0.39, 0.29) is 22.1 Å². The van der Waals surface area contributed by atoms with Gasteiger partial charge in [0, 0.05) is 10.6 Å². The van der Waals surface area contributed by atoms with Gasteiger partial charge < -0.3 is 9.84 Å². The minimum Gasteiger partial charge on any atom is -0.456 e. The van der Waals surface area contributed by atoms with Gasteiger partial charge in [-0.05, 0) is 24.3 Å². The third-order valence-electron chi connectivity index (χ3n) is 2.65. The van der Waals surface area contributed by atoms with E-state index in [4.69, 9.17) is 16.3 Å². The van der Waals surface area contributed by atoms with E-state index in [1.165, 1.54) is 36.4 Å². The molecule has 0 amide bonds. The zero-order chi connectivity index (χ0) is 14.8. The quantitative estimate of drug-likeness (QED) is 0.894. The van der Waals surface area contributed by atoms with Gasteiger partial charge in [0.15, 0.2) is 0 Å². The average Bonchev–Trinajstić information content (AvgIpc) is 2.38. The normalized spacial score (nSPS) is 11.4. The van der Waals surface area contributed by atoms with Crippen molar-refractivity contribution in [2.45, 2.75) is 12.8 Å². The van der Waals surface area contributed by atoms with E-state index < -0.39 is 18.3 Å². The topological polar surface area (TPSA) is 29.5 Å². The van der Waals surface area contributed by atoms with Gasteiger partial charge in [-0.3, -0.25) is 0 Å². The number of para-hydroxylation sites is 1. The first-order valence-corrected chi connectivity index (χ1v) is 6.03. The van der Waals surface area contributed by atoms with Gasteiger partial charge in [0.1, 0.15) is 11.5 Å². The summed E-state index contributed by atoms with van der Waals surface area (Å²) in [7, 11) is 0. The molecule has 0 aliphatic carbocycles. The van der Waals surface area contributed by atoms with Crippen LogP contribution in [0.5, 0.6) is 11.5 Å². The van der Waals surface area contributed by atoms with Crippen LogP contribution in [-0.2, 0) is 12.8 Å². The Hall–Kier alpha value is -1.72. The molecule has 106 valence electrons. The molecule has 0 aliphatic heterocycles. The van der Waals surface area contributed by atoms with E-state index in [1.54, 1.807) is 0 Å². The lowest BCUT2D eigenvalue weighted by Crippen LogP contribution is -2.07. The highest BCUT2D eigenvalue weighted by Gasteiger charge is 2.34. The molecule has 0 atom stereocenters. The Bertz CT molecular complexity index is 612. The lowest BCUT2D eigenvalue weighted by Gasteiger charge is -2.15. The van der Waals surface area contributed by atoms with Crippen molar-refractivity contribution in [1.82, 2.24) is 0 Å². The molecule has 0 heterocycles. The molecule has 20 heavy (non-hydrogen) atoms. The van der Waals surface area contributed by atoms with Crippen LogP contribution in [-0.4, -0.2) is 5.11 Å². The molecular weight excluding hydrogens is 293 g/mol. The van der Waals surface area contributed by atoms with Crippen LogP contribution in [0.2, 0.25) is 5.02 Å². The van der Waals surface area contributed by atoms with Crippen LogP contribution in [0.4, 0.5) is 13.2 Å². The molecule has 0 fully saturated rings. The van der Waals surface area contributed by atoms with Crippen molar-refractivity contribution in [3.05, 3.63) is 58.6 Å². The summed E-state index contributed by atoms with van der Waals surface area (Å²) in [4.78, 5) is 0. The smallest absolute Gasteiger partial charge is 0.419 e. The summed E-state index contributed by atoms with van der Waals surface area (Å²) in [6.45, 7) is -0.427. The average molecular weight is 303 g/mol. The molecule has 0 saturated heterocycles. The summed E-state index contributed by atoms with van der Waals surface area (Å²) in [6, 6.07) is 9.37. The van der Waals surface area contributed by atoms with E-state index >= 15 is 0 Å². The summed E-state index contributed by atoms with van der Waals surface area (Å²) in [5.74, 6) is -0.242. The number of hydrogen-bond donors (Lipinski definition) is 1. The second-order valence-corrected chi connectivity index (χ2v) is 4.38. The van der Waals surface area contributed by atoms with Gasteiger partial charge in [-0.15, -0.1) is 0 Å². The van der Waals surface area contributed by atoms with Gasteiger partial charge in [-0.1, -0.05) is 29.8 Å². The summed E-state index contributed by atoms with van der Waals surface area (Å²) in [5.41, 5.74) is -0.644. The molecule has 2 nitrogen and oxygen atoms in total. The Balaban J connectivity index is 2.44. The van der Waals surface area contributed by atoms with Crippen LogP contribution in [0, 0.1) is 0 Å². The zero-order valence-corrected chi connectivity index (χ0v) is 10.9. The van der Waals surface area contributed by atoms with Crippen LogP contribution in [0.1, 0.15) is 11.1 Å². The molecule has 0 bridgehead atoms. The minimum atomic E-state index is -4.52. The van der Waals surface area contributed by atoms with Gasteiger partial charge in [-0.2, -0.15) is 13.2 Å². The van der Waals surface area contributed by atoms with Gasteiger partial charge in [0.2, 0.25) is 0 Å². The lowest BCUT2D eigenvalue weighted by molar-refractivity contribution is -0.138. The Kier molecular flexibility index (Phi) is 4.20. The number of ether oxygens (including phenoxy) is 1. The van der Waals surface area contributed by atoms with Gasteiger partial charge in [0.25, 0.3) is 0 Å². The van der Waals surface area contributed by atoms with Crippen molar-refractivity contribution in [2.24, 2.45) is 0 Å². The second kappa shape index (κ2) is 5.73. The van der Waals surface area contributed by atoms with Crippen LogP contribution >= 0.6 is 11.6 Å². The SMILES string of the molecule is OCc1c(Cl)cccc1Oc1ccccc1C(F)(F)F. The predicted octanol–water partition coefficient (Wildman–Crippen LogP) is 4.64. The monoisotopic (exact) mass is 302 g/mol. The standard InChI is InChI=1S/C14H10ClF3O2/c15-11-5-3-7-12(9(11)8-19)20-13-6-2-1-4-10(13)14(16,17)18/h1-7,19H,8H2. The molecule has 0 radical (unpaired) electrons. The summed E-state index contributed by atoms with van der Waals surface area (Å²) >= 11 is 5.86. The van der Waals surface area contributed by atoms with E-state index in [1.807, 2.05) is 0 Å². The van der Waals surface area contributed by atoms with Crippen LogP contribution < -0.4 is 4.74 Å². The van der Waals surface area contributed by atoms with E-state index in [9.17, 15) is 18.3 Å². The zero-order valence-electron chi connectivity index (χ0n) is 10.1. The van der Waals surface area contributed by atoms with Crippen molar-refractivity contribution >= 4 is 11.6 Å². The molecule has 2 rings (SSSR count). The van der Waals surface area contributed by atoms with Gasteiger partial charge >= 0.3 is 6.18 Å². The van der Waals surface area contributed by atoms with Crippen LogP contribution in [0.3, 0.4) is 0 Å². The maximum absolute atomic E-state index is 12.9. The number of aliphatic hydroxyl groups excluding tert-OH is 1. The van der Waals surface area contributed by atoms with Crippen molar-refractivity contribution < 1.29 is 23.0 Å². The largest absolute Gasteiger partial charge is 0.456 e. The molecule has 2 aromatic rings. The third kappa shape index (κ3) is 3.05. The highest BCUT2D eigenvalue weighted by atomic mass is 35.5. The predicted molar refractivity (Wildman–Crippen MR) is 68.9 cm³/mol. The van der Waals surface area contributed by atoms with Crippen molar-refractivity contribution in [2.75, 3.05) is 0 Å². The number of aliphatic hydroxyl groups is 1. The fourth-order valence-electron chi connectivity index (χ4n) is 1.70. The minimum absolute atomic E-state index is 0.0942. The number of alkyl halides is 3. The molecule has 0 saturated carbocycles. The highest BCUT2D eigenvalue weighted by molar-refractivity contribution is 6.31. The fraction of sp³-hybridized carbons (Fsp3) is 0.143. The van der Waals surface area contributed by atoms with Crippen molar-refractivity contribution in [3.8, 4) is 11.5 Å². The number of benzene rings is 2. The van der Waals surface area contributed by atoms with Gasteiger partial charge in [-0.25, -0.2) is 0 Å². The molecule has 0 unspecified atom stereocenters. The Morgan fingerprint density at radius 2 is 1.65 bits per heavy atom.